The summed E-state index contributed by atoms with van der Waals surface area (Å²) in [6.07, 6.45) is 1.62. The number of amides is 3. The number of rotatable bonds is 8. The second-order valence-electron chi connectivity index (χ2n) is 6.17. The number of hydrogen-bond donors (Lipinski definition) is 3. The minimum Gasteiger partial charge on any atom is -0.368 e. The lowest BCUT2D eigenvalue weighted by molar-refractivity contribution is -0.130. The van der Waals surface area contributed by atoms with Gasteiger partial charge in [0.1, 0.15) is 22.5 Å². The SMILES string of the molecule is CC(=O)N[C@@H](Cc1ccccc1F)C(=O)N[C@H](Cc1cccnc1Br)C(N)=O. The topological polar surface area (TPSA) is 114 Å². The van der Waals surface area contributed by atoms with Crippen molar-refractivity contribution in [2.45, 2.75) is 31.8 Å². The molecule has 1 aromatic carbocycles. The highest BCUT2D eigenvalue weighted by atomic mass is 79.9. The molecule has 0 saturated heterocycles. The van der Waals surface area contributed by atoms with Crippen LogP contribution in [0.3, 0.4) is 0 Å². The van der Waals surface area contributed by atoms with Crippen LogP contribution in [0.25, 0.3) is 0 Å². The van der Waals surface area contributed by atoms with E-state index in [2.05, 4.69) is 31.5 Å². The Morgan fingerprint density at radius 3 is 2.32 bits per heavy atom. The maximum Gasteiger partial charge on any atom is 0.243 e. The minimum atomic E-state index is -1.06. The Hall–Kier alpha value is -2.81. The molecule has 2 aromatic rings. The normalized spacial score (nSPS) is 12.7. The lowest BCUT2D eigenvalue weighted by atomic mass is 10.0. The van der Waals surface area contributed by atoms with E-state index in [0.29, 0.717) is 10.2 Å². The van der Waals surface area contributed by atoms with Crippen molar-refractivity contribution >= 4 is 33.7 Å². The molecule has 0 unspecified atom stereocenters. The van der Waals surface area contributed by atoms with Gasteiger partial charge in [0.2, 0.25) is 17.7 Å². The van der Waals surface area contributed by atoms with Crippen LogP contribution in [0.15, 0.2) is 47.2 Å². The molecule has 0 aliphatic rings. The summed E-state index contributed by atoms with van der Waals surface area (Å²) < 4.78 is 14.5. The lowest BCUT2D eigenvalue weighted by Gasteiger charge is -2.22. The summed E-state index contributed by atoms with van der Waals surface area (Å²) in [6.45, 7) is 1.25. The van der Waals surface area contributed by atoms with E-state index < -0.39 is 35.6 Å². The maximum absolute atomic E-state index is 13.9. The highest BCUT2D eigenvalue weighted by Gasteiger charge is 2.26. The predicted octanol–water partition coefficient (Wildman–Crippen LogP) is 1.24. The number of pyridine rings is 1. The average molecular weight is 451 g/mol. The van der Waals surface area contributed by atoms with Crippen LogP contribution in [0.2, 0.25) is 0 Å². The summed E-state index contributed by atoms with van der Waals surface area (Å²) in [5, 5.41) is 5.02. The number of nitrogens with zero attached hydrogens (tertiary/aromatic N) is 1. The van der Waals surface area contributed by atoms with E-state index in [4.69, 9.17) is 5.73 Å². The molecule has 7 nitrogen and oxygen atoms in total. The number of benzene rings is 1. The number of aromatic nitrogens is 1. The van der Waals surface area contributed by atoms with Gasteiger partial charge in [0.15, 0.2) is 0 Å². The van der Waals surface area contributed by atoms with Crippen molar-refractivity contribution in [3.05, 3.63) is 64.1 Å². The molecule has 3 amide bonds. The fourth-order valence-electron chi connectivity index (χ4n) is 2.63. The van der Waals surface area contributed by atoms with Gasteiger partial charge < -0.3 is 16.4 Å². The third-order valence-electron chi connectivity index (χ3n) is 4.00. The summed E-state index contributed by atoms with van der Waals surface area (Å²) in [5.74, 6) is -2.32. The smallest absolute Gasteiger partial charge is 0.243 e. The number of hydrogen-bond acceptors (Lipinski definition) is 4. The van der Waals surface area contributed by atoms with Crippen LogP contribution in [0, 0.1) is 5.82 Å². The summed E-state index contributed by atoms with van der Waals surface area (Å²) in [6, 6.07) is 7.30. The van der Waals surface area contributed by atoms with Gasteiger partial charge >= 0.3 is 0 Å². The molecule has 0 aliphatic carbocycles. The summed E-state index contributed by atoms with van der Waals surface area (Å²) in [4.78, 5) is 40.1. The van der Waals surface area contributed by atoms with Crippen LogP contribution in [0.4, 0.5) is 4.39 Å². The quantitative estimate of drug-likeness (QED) is 0.524. The van der Waals surface area contributed by atoms with Crippen LogP contribution in [-0.2, 0) is 27.2 Å². The van der Waals surface area contributed by atoms with Gasteiger partial charge in [-0.2, -0.15) is 0 Å². The zero-order chi connectivity index (χ0) is 20.7. The molecule has 0 aliphatic heterocycles. The average Bonchev–Trinajstić information content (AvgIpc) is 2.63. The minimum absolute atomic E-state index is 0.0693. The Bertz CT molecular complexity index is 878. The van der Waals surface area contributed by atoms with E-state index in [1.807, 2.05) is 0 Å². The number of carbonyl (C=O) groups excluding carboxylic acids is 3. The molecule has 0 fully saturated rings. The van der Waals surface area contributed by atoms with Crippen molar-refractivity contribution in [3.8, 4) is 0 Å². The summed E-state index contributed by atoms with van der Waals surface area (Å²) >= 11 is 3.28. The van der Waals surface area contributed by atoms with Gasteiger partial charge in [0.05, 0.1) is 0 Å². The lowest BCUT2D eigenvalue weighted by Crippen LogP contribution is -2.54. The molecule has 0 bridgehead atoms. The van der Waals surface area contributed by atoms with Gasteiger partial charge in [0.25, 0.3) is 0 Å². The van der Waals surface area contributed by atoms with Gasteiger partial charge in [0, 0.05) is 26.0 Å². The fourth-order valence-corrected chi connectivity index (χ4v) is 3.04. The van der Waals surface area contributed by atoms with Crippen molar-refractivity contribution in [2.24, 2.45) is 5.73 Å². The molecule has 9 heteroatoms. The van der Waals surface area contributed by atoms with Crippen molar-refractivity contribution in [2.75, 3.05) is 0 Å². The highest BCUT2D eigenvalue weighted by molar-refractivity contribution is 9.10. The first-order valence-corrected chi connectivity index (χ1v) is 9.26. The van der Waals surface area contributed by atoms with E-state index in [0.717, 1.165) is 0 Å². The molecule has 0 saturated carbocycles. The molecule has 0 radical (unpaired) electrons. The molecule has 148 valence electrons. The van der Waals surface area contributed by atoms with E-state index in [-0.39, 0.29) is 18.4 Å². The van der Waals surface area contributed by atoms with Crippen molar-refractivity contribution in [3.63, 3.8) is 0 Å². The standard InChI is InChI=1S/C19H20BrFN4O3/c1-11(26)24-16(9-12-5-2-3-7-14(12)21)19(28)25-15(18(22)27)10-13-6-4-8-23-17(13)20/h2-8,15-16H,9-10H2,1H3,(H2,22,27)(H,24,26)(H,25,28)/t15-,16+/m1/s1. The van der Waals surface area contributed by atoms with Crippen molar-refractivity contribution in [1.29, 1.82) is 0 Å². The number of nitrogens with one attached hydrogen (secondary N) is 2. The van der Waals surface area contributed by atoms with Gasteiger partial charge in [-0.3, -0.25) is 14.4 Å². The van der Waals surface area contributed by atoms with E-state index in [1.165, 1.54) is 25.1 Å². The molecule has 4 N–H and O–H groups in total. The Labute approximate surface area is 170 Å². The number of primary amides is 1. The van der Waals surface area contributed by atoms with E-state index in [1.54, 1.807) is 24.4 Å². The molecule has 28 heavy (non-hydrogen) atoms. The Morgan fingerprint density at radius 2 is 1.71 bits per heavy atom. The molecule has 1 heterocycles. The van der Waals surface area contributed by atoms with Crippen LogP contribution >= 0.6 is 15.9 Å². The molecular formula is C19H20BrFN4O3. The third kappa shape index (κ3) is 6.12. The first-order chi connectivity index (χ1) is 13.3. The molecular weight excluding hydrogens is 431 g/mol. The Kier molecular flexibility index (Phi) is 7.62. The fraction of sp³-hybridized carbons (Fsp3) is 0.263. The number of carbonyl (C=O) groups is 3. The zero-order valence-electron chi connectivity index (χ0n) is 15.1. The monoisotopic (exact) mass is 450 g/mol. The third-order valence-corrected chi connectivity index (χ3v) is 4.71. The second kappa shape index (κ2) is 9.93. The second-order valence-corrected chi connectivity index (χ2v) is 6.92. The Balaban J connectivity index is 2.17. The first kappa shape index (κ1) is 21.5. The predicted molar refractivity (Wildman–Crippen MR) is 104 cm³/mol. The maximum atomic E-state index is 13.9. The van der Waals surface area contributed by atoms with E-state index in [9.17, 15) is 18.8 Å². The Morgan fingerprint density at radius 1 is 1.07 bits per heavy atom. The van der Waals surface area contributed by atoms with Crippen LogP contribution < -0.4 is 16.4 Å². The van der Waals surface area contributed by atoms with Gasteiger partial charge in [-0.15, -0.1) is 0 Å². The largest absolute Gasteiger partial charge is 0.368 e. The van der Waals surface area contributed by atoms with Crippen molar-refractivity contribution < 1.29 is 18.8 Å². The molecule has 2 rings (SSSR count). The molecule has 2 atom stereocenters. The van der Waals surface area contributed by atoms with E-state index >= 15 is 0 Å². The van der Waals surface area contributed by atoms with Crippen LogP contribution in [0.5, 0.6) is 0 Å². The molecule has 0 spiro atoms. The van der Waals surface area contributed by atoms with Crippen LogP contribution in [-0.4, -0.2) is 34.8 Å². The van der Waals surface area contributed by atoms with Crippen LogP contribution in [0.1, 0.15) is 18.1 Å². The highest BCUT2D eigenvalue weighted by Crippen LogP contribution is 2.15. The summed E-state index contributed by atoms with van der Waals surface area (Å²) in [5.41, 5.74) is 6.37. The summed E-state index contributed by atoms with van der Waals surface area (Å²) in [7, 11) is 0. The van der Waals surface area contributed by atoms with Gasteiger partial charge in [-0.1, -0.05) is 24.3 Å². The van der Waals surface area contributed by atoms with Gasteiger partial charge in [-0.25, -0.2) is 9.37 Å². The number of halogens is 2. The first-order valence-electron chi connectivity index (χ1n) is 8.47. The van der Waals surface area contributed by atoms with Crippen molar-refractivity contribution in [1.82, 2.24) is 15.6 Å². The number of nitrogens with two attached hydrogens (primary N) is 1. The zero-order valence-corrected chi connectivity index (χ0v) is 16.7. The van der Waals surface area contributed by atoms with Gasteiger partial charge in [-0.05, 0) is 39.2 Å². The molecule has 1 aromatic heterocycles.